The van der Waals surface area contributed by atoms with Crippen LogP contribution in [0.3, 0.4) is 0 Å². The zero-order valence-electron chi connectivity index (χ0n) is 11.4. The van der Waals surface area contributed by atoms with Crippen molar-refractivity contribution >= 4 is 5.91 Å². The van der Waals surface area contributed by atoms with E-state index in [1.165, 1.54) is 10.5 Å². The van der Waals surface area contributed by atoms with Crippen LogP contribution in [0.4, 0.5) is 0 Å². The minimum atomic E-state index is 0.317. The number of likely N-dealkylation sites (tertiary alicyclic amines) is 1. The Morgan fingerprint density at radius 1 is 1.28 bits per heavy atom. The molecule has 1 unspecified atom stereocenters. The van der Waals surface area contributed by atoms with Crippen LogP contribution >= 0.6 is 0 Å². The summed E-state index contributed by atoms with van der Waals surface area (Å²) < 4.78 is 0. The molecule has 1 amide bonds. The first kappa shape index (κ1) is 13.1. The molecule has 1 aliphatic rings. The van der Waals surface area contributed by atoms with Crippen LogP contribution in [0.2, 0.25) is 0 Å². The SMILES string of the molecule is C[NH+](C)CCCN1CC(c2ccccc2)CC1=O. The molecule has 0 bridgehead atoms. The van der Waals surface area contributed by atoms with E-state index in [9.17, 15) is 4.79 Å². The van der Waals surface area contributed by atoms with E-state index in [0.29, 0.717) is 18.2 Å². The Bertz CT molecular complexity index is 389. The van der Waals surface area contributed by atoms with Gasteiger partial charge in [-0.2, -0.15) is 0 Å². The second-order valence-electron chi connectivity index (χ2n) is 5.46. The molecule has 98 valence electrons. The van der Waals surface area contributed by atoms with Gasteiger partial charge in [0, 0.05) is 31.8 Å². The van der Waals surface area contributed by atoms with Gasteiger partial charge in [0.25, 0.3) is 0 Å². The molecule has 3 nitrogen and oxygen atoms in total. The Balaban J connectivity index is 1.87. The van der Waals surface area contributed by atoms with Crippen LogP contribution in [-0.4, -0.2) is 44.5 Å². The van der Waals surface area contributed by atoms with E-state index in [0.717, 1.165) is 26.1 Å². The number of hydrogen-bond acceptors (Lipinski definition) is 1. The van der Waals surface area contributed by atoms with Gasteiger partial charge in [0.05, 0.1) is 20.6 Å². The van der Waals surface area contributed by atoms with Crippen molar-refractivity contribution in [3.05, 3.63) is 35.9 Å². The Hall–Kier alpha value is -1.35. The van der Waals surface area contributed by atoms with Crippen molar-refractivity contribution in [3.63, 3.8) is 0 Å². The Morgan fingerprint density at radius 3 is 2.67 bits per heavy atom. The minimum Gasteiger partial charge on any atom is -0.342 e. The largest absolute Gasteiger partial charge is 0.342 e. The highest BCUT2D eigenvalue weighted by atomic mass is 16.2. The maximum Gasteiger partial charge on any atom is 0.223 e. The Labute approximate surface area is 109 Å². The second-order valence-corrected chi connectivity index (χ2v) is 5.46. The summed E-state index contributed by atoms with van der Waals surface area (Å²) in [6.45, 7) is 2.93. The minimum absolute atomic E-state index is 0.317. The lowest BCUT2D eigenvalue weighted by Crippen LogP contribution is -3.05. The Kier molecular flexibility index (Phi) is 4.37. The molecular formula is C15H23N2O+. The topological polar surface area (TPSA) is 24.8 Å². The van der Waals surface area contributed by atoms with Crippen LogP contribution in [0.5, 0.6) is 0 Å². The van der Waals surface area contributed by atoms with E-state index in [1.807, 2.05) is 11.0 Å². The molecule has 1 N–H and O–H groups in total. The van der Waals surface area contributed by atoms with E-state index in [2.05, 4.69) is 38.4 Å². The summed E-state index contributed by atoms with van der Waals surface area (Å²) in [7, 11) is 4.30. The van der Waals surface area contributed by atoms with E-state index >= 15 is 0 Å². The smallest absolute Gasteiger partial charge is 0.223 e. The van der Waals surface area contributed by atoms with E-state index in [-0.39, 0.29) is 0 Å². The molecule has 1 heterocycles. The second kappa shape index (κ2) is 6.01. The van der Waals surface area contributed by atoms with Gasteiger partial charge in [-0.05, 0) is 5.56 Å². The van der Waals surface area contributed by atoms with Crippen molar-refractivity contribution in [2.24, 2.45) is 0 Å². The van der Waals surface area contributed by atoms with Gasteiger partial charge in [-0.3, -0.25) is 4.79 Å². The van der Waals surface area contributed by atoms with Gasteiger partial charge in [0.1, 0.15) is 0 Å². The third-order valence-corrected chi connectivity index (χ3v) is 3.59. The number of hydrogen-bond donors (Lipinski definition) is 1. The van der Waals surface area contributed by atoms with Crippen LogP contribution in [0.1, 0.15) is 24.3 Å². The number of quaternary nitrogens is 1. The monoisotopic (exact) mass is 247 g/mol. The van der Waals surface area contributed by atoms with Crippen molar-refractivity contribution in [1.82, 2.24) is 4.90 Å². The van der Waals surface area contributed by atoms with Gasteiger partial charge in [-0.25, -0.2) is 0 Å². The number of amides is 1. The number of nitrogens with one attached hydrogen (secondary N) is 1. The molecule has 0 spiro atoms. The summed E-state index contributed by atoms with van der Waals surface area (Å²) in [5.41, 5.74) is 1.30. The maximum atomic E-state index is 12.0. The predicted molar refractivity (Wildman–Crippen MR) is 72.7 cm³/mol. The average Bonchev–Trinajstić information content (AvgIpc) is 2.72. The van der Waals surface area contributed by atoms with Crippen LogP contribution < -0.4 is 4.90 Å². The zero-order chi connectivity index (χ0) is 13.0. The molecule has 2 rings (SSSR count). The van der Waals surface area contributed by atoms with Gasteiger partial charge in [-0.1, -0.05) is 30.3 Å². The Morgan fingerprint density at radius 2 is 2.00 bits per heavy atom. The lowest BCUT2D eigenvalue weighted by molar-refractivity contribution is -0.858. The molecule has 1 aromatic carbocycles. The molecule has 0 aliphatic carbocycles. The molecule has 18 heavy (non-hydrogen) atoms. The van der Waals surface area contributed by atoms with Gasteiger partial charge < -0.3 is 9.80 Å². The highest BCUT2D eigenvalue weighted by Crippen LogP contribution is 2.27. The van der Waals surface area contributed by atoms with E-state index in [1.54, 1.807) is 0 Å². The van der Waals surface area contributed by atoms with Gasteiger partial charge in [-0.15, -0.1) is 0 Å². The van der Waals surface area contributed by atoms with Crippen LogP contribution in [-0.2, 0) is 4.79 Å². The van der Waals surface area contributed by atoms with Gasteiger partial charge >= 0.3 is 0 Å². The van der Waals surface area contributed by atoms with Crippen LogP contribution in [0.25, 0.3) is 0 Å². The van der Waals surface area contributed by atoms with E-state index < -0.39 is 0 Å². The predicted octanol–water partition coefficient (Wildman–Crippen LogP) is 0.537. The first-order valence-corrected chi connectivity index (χ1v) is 6.78. The summed E-state index contributed by atoms with van der Waals surface area (Å²) >= 11 is 0. The van der Waals surface area contributed by atoms with Crippen LogP contribution in [0, 0.1) is 0 Å². The molecule has 1 aliphatic heterocycles. The fourth-order valence-electron chi connectivity index (χ4n) is 2.56. The normalized spacial score (nSPS) is 19.8. The standard InChI is InChI=1S/C15H22N2O/c1-16(2)9-6-10-17-12-14(11-15(17)18)13-7-4-3-5-8-13/h3-5,7-8,14H,6,9-12H2,1-2H3/p+1. The molecule has 1 fully saturated rings. The molecule has 3 heteroatoms. The van der Waals surface area contributed by atoms with Crippen molar-refractivity contribution in [2.45, 2.75) is 18.8 Å². The lowest BCUT2D eigenvalue weighted by Gasteiger charge is -2.17. The molecular weight excluding hydrogens is 224 g/mol. The van der Waals surface area contributed by atoms with Gasteiger partial charge in [0.15, 0.2) is 0 Å². The fraction of sp³-hybridized carbons (Fsp3) is 0.533. The average molecular weight is 247 g/mol. The van der Waals surface area contributed by atoms with Crippen molar-refractivity contribution in [3.8, 4) is 0 Å². The fourth-order valence-corrected chi connectivity index (χ4v) is 2.56. The van der Waals surface area contributed by atoms with E-state index in [4.69, 9.17) is 0 Å². The molecule has 0 aromatic heterocycles. The molecule has 0 radical (unpaired) electrons. The van der Waals surface area contributed by atoms with Crippen molar-refractivity contribution in [1.29, 1.82) is 0 Å². The van der Waals surface area contributed by atoms with Crippen LogP contribution in [0.15, 0.2) is 30.3 Å². The summed E-state index contributed by atoms with van der Waals surface area (Å²) in [4.78, 5) is 15.4. The van der Waals surface area contributed by atoms with Gasteiger partial charge in [0.2, 0.25) is 5.91 Å². The number of carbonyl (C=O) groups is 1. The number of carbonyl (C=O) groups excluding carboxylic acids is 1. The number of nitrogens with zero attached hydrogens (tertiary/aromatic N) is 1. The molecule has 0 saturated carbocycles. The number of rotatable bonds is 5. The molecule has 1 saturated heterocycles. The highest BCUT2D eigenvalue weighted by Gasteiger charge is 2.29. The first-order chi connectivity index (χ1) is 8.66. The summed E-state index contributed by atoms with van der Waals surface area (Å²) in [6.07, 6.45) is 1.77. The third kappa shape index (κ3) is 3.33. The molecule has 1 atom stereocenters. The third-order valence-electron chi connectivity index (χ3n) is 3.59. The summed E-state index contributed by atoms with van der Waals surface area (Å²) in [5.74, 6) is 0.711. The quantitative estimate of drug-likeness (QED) is 0.807. The van der Waals surface area contributed by atoms with Crippen molar-refractivity contribution < 1.29 is 9.69 Å². The summed E-state index contributed by atoms with van der Waals surface area (Å²) in [5, 5.41) is 0. The molecule has 1 aromatic rings. The maximum absolute atomic E-state index is 12.0. The highest BCUT2D eigenvalue weighted by molar-refractivity contribution is 5.79. The summed E-state index contributed by atoms with van der Waals surface area (Å²) in [6, 6.07) is 10.4. The first-order valence-electron chi connectivity index (χ1n) is 6.78. The zero-order valence-corrected chi connectivity index (χ0v) is 11.4. The van der Waals surface area contributed by atoms with Crippen molar-refractivity contribution in [2.75, 3.05) is 33.7 Å². The lowest BCUT2D eigenvalue weighted by atomic mass is 9.99. The number of benzene rings is 1.